The van der Waals surface area contributed by atoms with E-state index < -0.39 is 16.9 Å². The van der Waals surface area contributed by atoms with Gasteiger partial charge in [-0.3, -0.25) is 10.1 Å². The van der Waals surface area contributed by atoms with Gasteiger partial charge in [0.05, 0.1) is 38.8 Å². The normalized spacial score (nSPS) is 10.4. The van der Waals surface area contributed by atoms with E-state index in [0.29, 0.717) is 22.7 Å². The molecule has 0 aliphatic rings. The van der Waals surface area contributed by atoms with Gasteiger partial charge >= 0.3 is 11.9 Å². The fourth-order valence-corrected chi connectivity index (χ4v) is 5.58. The average molecular weight is 695 g/mol. The Morgan fingerprint density at radius 2 is 0.923 bits per heavy atom. The number of nitro benzene ring substituents is 1. The topological polar surface area (TPSA) is 168 Å². The molecule has 6 aromatic carbocycles. The van der Waals surface area contributed by atoms with Gasteiger partial charge in [-0.25, -0.2) is 9.59 Å². The second-order valence-corrected chi connectivity index (χ2v) is 12.0. The Balaban J connectivity index is 0.000000202. The minimum atomic E-state index is -1.09. The SMILES string of the molecule is Nc1ccccc1Nc1cc(CCc2ccccc2)ccc1C(=O)O.O=C(O)c1ccc(CCc2ccccc2)cc1Nc1ccccc1[N+](=O)[O-]. The van der Waals surface area contributed by atoms with Gasteiger partial charge in [-0.2, -0.15) is 0 Å². The maximum absolute atomic E-state index is 11.5. The molecule has 0 radical (unpaired) electrons. The quantitative estimate of drug-likeness (QED) is 0.0449. The van der Waals surface area contributed by atoms with E-state index in [1.165, 1.54) is 23.3 Å². The second kappa shape index (κ2) is 17.6. The summed E-state index contributed by atoms with van der Waals surface area (Å²) in [6.45, 7) is 0. The molecule has 0 saturated carbocycles. The smallest absolute Gasteiger partial charge is 0.337 e. The van der Waals surface area contributed by atoms with Crippen molar-refractivity contribution in [1.29, 1.82) is 0 Å². The predicted octanol–water partition coefficient (Wildman–Crippen LogP) is 9.32. The highest BCUT2D eigenvalue weighted by molar-refractivity contribution is 5.96. The lowest BCUT2D eigenvalue weighted by molar-refractivity contribution is -0.383. The van der Waals surface area contributed by atoms with Crippen LogP contribution in [0.15, 0.2) is 146 Å². The summed E-state index contributed by atoms with van der Waals surface area (Å²) in [7, 11) is 0. The summed E-state index contributed by atoms with van der Waals surface area (Å²) in [5, 5.41) is 36.2. The average Bonchev–Trinajstić information content (AvgIpc) is 3.15. The van der Waals surface area contributed by atoms with Gasteiger partial charge in [0, 0.05) is 6.07 Å². The van der Waals surface area contributed by atoms with Crippen LogP contribution in [0.3, 0.4) is 0 Å². The van der Waals surface area contributed by atoms with Crippen molar-refractivity contribution in [3.8, 4) is 0 Å². The van der Waals surface area contributed by atoms with Crippen LogP contribution in [-0.2, 0) is 25.7 Å². The van der Waals surface area contributed by atoms with E-state index in [1.807, 2.05) is 78.9 Å². The van der Waals surface area contributed by atoms with Gasteiger partial charge in [0.25, 0.3) is 5.69 Å². The van der Waals surface area contributed by atoms with Crippen molar-refractivity contribution in [1.82, 2.24) is 0 Å². The molecule has 10 nitrogen and oxygen atoms in total. The third kappa shape index (κ3) is 10.1. The molecule has 0 aromatic heterocycles. The van der Waals surface area contributed by atoms with E-state index in [4.69, 9.17) is 5.73 Å². The lowest BCUT2D eigenvalue weighted by atomic mass is 10.0. The first-order valence-corrected chi connectivity index (χ1v) is 16.6. The molecule has 6 aromatic rings. The first-order valence-electron chi connectivity index (χ1n) is 16.6. The van der Waals surface area contributed by atoms with E-state index in [0.717, 1.165) is 36.8 Å². The van der Waals surface area contributed by atoms with Gasteiger partial charge in [0.2, 0.25) is 0 Å². The highest BCUT2D eigenvalue weighted by Crippen LogP contribution is 2.30. The molecule has 0 atom stereocenters. The zero-order chi connectivity index (χ0) is 36.9. The molecule has 0 fully saturated rings. The largest absolute Gasteiger partial charge is 0.478 e. The summed E-state index contributed by atoms with van der Waals surface area (Å²) in [6, 6.07) is 44.1. The number of nitrogen functional groups attached to an aromatic ring is 1. The summed E-state index contributed by atoms with van der Waals surface area (Å²) < 4.78 is 0. The fourth-order valence-electron chi connectivity index (χ4n) is 5.58. The molecule has 0 spiro atoms. The number of aromatic carboxylic acids is 2. The minimum Gasteiger partial charge on any atom is -0.478 e. The van der Waals surface area contributed by atoms with Crippen LogP contribution in [0.5, 0.6) is 0 Å². The van der Waals surface area contributed by atoms with Crippen LogP contribution >= 0.6 is 0 Å². The molecule has 0 bridgehead atoms. The van der Waals surface area contributed by atoms with Gasteiger partial charge < -0.3 is 26.6 Å². The maximum atomic E-state index is 11.5. The number of anilines is 5. The van der Waals surface area contributed by atoms with Gasteiger partial charge in [-0.15, -0.1) is 0 Å². The van der Waals surface area contributed by atoms with Crippen molar-refractivity contribution >= 4 is 46.1 Å². The Bertz CT molecular complexity index is 2160. The van der Waals surface area contributed by atoms with Crippen molar-refractivity contribution in [2.45, 2.75) is 25.7 Å². The molecule has 0 saturated heterocycles. The number of nitrogens with zero attached hydrogens (tertiary/aromatic N) is 1. The van der Waals surface area contributed by atoms with E-state index in [9.17, 15) is 29.9 Å². The fraction of sp³-hybridized carbons (Fsp3) is 0.0952. The van der Waals surface area contributed by atoms with Gasteiger partial charge in [0.15, 0.2) is 0 Å². The van der Waals surface area contributed by atoms with Crippen LogP contribution in [-0.4, -0.2) is 27.1 Å². The molecular formula is C42H38N4O6. The zero-order valence-electron chi connectivity index (χ0n) is 28.2. The second-order valence-electron chi connectivity index (χ2n) is 12.0. The number of para-hydroxylation sites is 4. The highest BCUT2D eigenvalue weighted by Gasteiger charge is 2.17. The van der Waals surface area contributed by atoms with Crippen molar-refractivity contribution in [3.63, 3.8) is 0 Å². The molecule has 0 heterocycles. The lowest BCUT2D eigenvalue weighted by Gasteiger charge is -2.13. The number of hydrogen-bond acceptors (Lipinski definition) is 7. The Labute approximate surface area is 301 Å². The number of carboxylic acids is 2. The Kier molecular flexibility index (Phi) is 12.3. The summed E-state index contributed by atoms with van der Waals surface area (Å²) in [5.74, 6) is -2.06. The van der Waals surface area contributed by atoms with Crippen LogP contribution in [0.1, 0.15) is 43.0 Å². The van der Waals surface area contributed by atoms with Gasteiger partial charge in [-0.05, 0) is 90.4 Å². The Morgan fingerprint density at radius 3 is 1.38 bits per heavy atom. The Hall–Kier alpha value is -6.94. The molecule has 10 heteroatoms. The van der Waals surface area contributed by atoms with E-state index in [2.05, 4.69) is 22.8 Å². The number of hydrogen-bond donors (Lipinski definition) is 5. The number of nitrogens with one attached hydrogen (secondary N) is 2. The van der Waals surface area contributed by atoms with E-state index in [-0.39, 0.29) is 22.5 Å². The van der Waals surface area contributed by atoms with Crippen LogP contribution in [0.4, 0.5) is 34.1 Å². The third-order valence-corrected chi connectivity index (χ3v) is 8.32. The van der Waals surface area contributed by atoms with E-state index in [1.54, 1.807) is 42.5 Å². The molecule has 52 heavy (non-hydrogen) atoms. The minimum absolute atomic E-state index is 0.0663. The molecule has 0 aliphatic carbocycles. The monoisotopic (exact) mass is 694 g/mol. The van der Waals surface area contributed by atoms with Crippen LogP contribution in [0.25, 0.3) is 0 Å². The van der Waals surface area contributed by atoms with Crippen LogP contribution in [0.2, 0.25) is 0 Å². The zero-order valence-corrected chi connectivity index (χ0v) is 28.2. The first kappa shape index (κ1) is 36.3. The van der Waals surface area contributed by atoms with Crippen molar-refractivity contribution in [2.75, 3.05) is 16.4 Å². The van der Waals surface area contributed by atoms with Gasteiger partial charge in [-0.1, -0.05) is 97.1 Å². The number of benzene rings is 6. The molecule has 262 valence electrons. The highest BCUT2D eigenvalue weighted by atomic mass is 16.6. The maximum Gasteiger partial charge on any atom is 0.337 e. The third-order valence-electron chi connectivity index (χ3n) is 8.32. The number of nitro groups is 1. The number of carboxylic acid groups (broad SMARTS) is 2. The van der Waals surface area contributed by atoms with Crippen molar-refractivity contribution in [3.05, 3.63) is 189 Å². The number of aryl methyl sites for hydroxylation is 4. The lowest BCUT2D eigenvalue weighted by Crippen LogP contribution is -2.05. The standard InChI is InChI=1S/C21H18N2O4.C21H20N2O2/c24-21(25)17-13-12-16(11-10-15-6-2-1-3-7-15)14-19(17)22-18-8-4-5-9-20(18)23(26)27;22-18-8-4-5-9-19(18)23-20-14-16(12-13-17(20)21(24)25)11-10-15-6-2-1-3-7-15/h1-9,12-14,22H,10-11H2,(H,24,25);1-9,12-14,23H,10-11,22H2,(H,24,25). The molecule has 6 rings (SSSR count). The van der Waals surface area contributed by atoms with Crippen LogP contribution in [0, 0.1) is 10.1 Å². The Morgan fingerprint density at radius 1 is 0.519 bits per heavy atom. The van der Waals surface area contributed by atoms with E-state index >= 15 is 0 Å². The summed E-state index contributed by atoms with van der Waals surface area (Å²) in [5.41, 5.74) is 13.0. The number of nitrogens with two attached hydrogens (primary N) is 1. The molecular weight excluding hydrogens is 656 g/mol. The van der Waals surface area contributed by atoms with Crippen molar-refractivity contribution in [2.24, 2.45) is 0 Å². The van der Waals surface area contributed by atoms with Gasteiger partial charge in [0.1, 0.15) is 5.69 Å². The predicted molar refractivity (Wildman–Crippen MR) is 205 cm³/mol. The summed E-state index contributed by atoms with van der Waals surface area (Å²) >= 11 is 0. The van der Waals surface area contributed by atoms with Crippen molar-refractivity contribution < 1.29 is 24.7 Å². The molecule has 0 aliphatic heterocycles. The first-order chi connectivity index (χ1) is 25.2. The number of carbonyl (C=O) groups is 2. The molecule has 0 amide bonds. The summed E-state index contributed by atoms with van der Waals surface area (Å²) in [6.07, 6.45) is 3.29. The number of rotatable bonds is 13. The summed E-state index contributed by atoms with van der Waals surface area (Å²) in [4.78, 5) is 33.8. The van der Waals surface area contributed by atoms with Crippen LogP contribution < -0.4 is 16.4 Å². The molecule has 0 unspecified atom stereocenters. The molecule has 6 N–H and O–H groups in total.